The van der Waals surface area contributed by atoms with E-state index in [0.29, 0.717) is 19.0 Å². The summed E-state index contributed by atoms with van der Waals surface area (Å²) in [5, 5.41) is 17.1. The zero-order valence-electron chi connectivity index (χ0n) is 13.9. The van der Waals surface area contributed by atoms with Gasteiger partial charge in [0.1, 0.15) is 5.75 Å². The summed E-state index contributed by atoms with van der Waals surface area (Å²) < 4.78 is 10.5. The van der Waals surface area contributed by atoms with Crippen molar-refractivity contribution >= 4 is 17.9 Å². The number of hydrogen-bond acceptors (Lipinski definition) is 7. The third-order valence-corrected chi connectivity index (χ3v) is 3.74. The van der Waals surface area contributed by atoms with Crippen molar-refractivity contribution in [3.63, 3.8) is 0 Å². The fourth-order valence-electron chi connectivity index (χ4n) is 2.35. The highest BCUT2D eigenvalue weighted by atomic mass is 16.6. The van der Waals surface area contributed by atoms with Gasteiger partial charge in [0.15, 0.2) is 0 Å². The van der Waals surface area contributed by atoms with E-state index in [1.807, 2.05) is 5.01 Å². The van der Waals surface area contributed by atoms with E-state index in [9.17, 15) is 14.9 Å². The number of rotatable bonds is 5. The standard InChI is InChI=1S/C18H17N3O5/c22-18(15-2-1-3-16(12-15)21(23)24)26-17-6-4-14(5-7-17)13-19-20-8-10-25-11-9-20/h1-7,12-13H,8-11H2/b19-13+. The summed E-state index contributed by atoms with van der Waals surface area (Å²) in [5.41, 5.74) is 0.831. The first-order chi connectivity index (χ1) is 12.6. The lowest BCUT2D eigenvalue weighted by Gasteiger charge is -2.23. The summed E-state index contributed by atoms with van der Waals surface area (Å²) in [6.45, 7) is 2.86. The van der Waals surface area contributed by atoms with Gasteiger partial charge in [0.05, 0.1) is 43.0 Å². The van der Waals surface area contributed by atoms with Gasteiger partial charge in [0.25, 0.3) is 5.69 Å². The van der Waals surface area contributed by atoms with Crippen LogP contribution in [0, 0.1) is 10.1 Å². The van der Waals surface area contributed by atoms with Gasteiger partial charge in [-0.3, -0.25) is 15.1 Å². The first kappa shape index (κ1) is 17.6. The Bertz CT molecular complexity index is 814. The van der Waals surface area contributed by atoms with Crippen LogP contribution in [0.15, 0.2) is 53.6 Å². The van der Waals surface area contributed by atoms with Gasteiger partial charge in [0.2, 0.25) is 0 Å². The summed E-state index contributed by atoms with van der Waals surface area (Å²) in [6, 6.07) is 12.3. The van der Waals surface area contributed by atoms with Crippen molar-refractivity contribution in [2.45, 2.75) is 0 Å². The molecule has 1 heterocycles. The Hall–Kier alpha value is -3.26. The number of morpholine rings is 1. The highest BCUT2D eigenvalue weighted by Gasteiger charge is 2.13. The monoisotopic (exact) mass is 355 g/mol. The second-order valence-corrected chi connectivity index (χ2v) is 5.58. The van der Waals surface area contributed by atoms with Crippen molar-refractivity contribution in [1.82, 2.24) is 5.01 Å². The predicted octanol–water partition coefficient (Wildman–Crippen LogP) is 2.48. The molecular formula is C18H17N3O5. The second-order valence-electron chi connectivity index (χ2n) is 5.58. The SMILES string of the molecule is O=C(Oc1ccc(/C=N/N2CCOCC2)cc1)c1cccc([N+](=O)[O-])c1. The van der Waals surface area contributed by atoms with Gasteiger partial charge in [-0.2, -0.15) is 5.10 Å². The number of hydrogen-bond donors (Lipinski definition) is 0. The van der Waals surface area contributed by atoms with Crippen molar-refractivity contribution in [2.75, 3.05) is 26.3 Å². The van der Waals surface area contributed by atoms with Crippen LogP contribution in [0.2, 0.25) is 0 Å². The summed E-state index contributed by atoms with van der Waals surface area (Å²) in [5.74, 6) is -0.298. The zero-order chi connectivity index (χ0) is 18.4. The molecule has 0 saturated carbocycles. The number of nitro benzene ring substituents is 1. The summed E-state index contributed by atoms with van der Waals surface area (Å²) >= 11 is 0. The molecule has 0 amide bonds. The molecule has 0 atom stereocenters. The molecule has 1 fully saturated rings. The van der Waals surface area contributed by atoms with Crippen molar-refractivity contribution in [2.24, 2.45) is 5.10 Å². The van der Waals surface area contributed by atoms with Gasteiger partial charge in [0, 0.05) is 12.1 Å². The number of carbonyl (C=O) groups is 1. The van der Waals surface area contributed by atoms with E-state index in [-0.39, 0.29) is 11.3 Å². The number of benzene rings is 2. The molecule has 0 radical (unpaired) electrons. The molecular weight excluding hydrogens is 338 g/mol. The lowest BCUT2D eigenvalue weighted by molar-refractivity contribution is -0.384. The van der Waals surface area contributed by atoms with Crippen LogP contribution in [0.5, 0.6) is 5.75 Å². The van der Waals surface area contributed by atoms with Crippen molar-refractivity contribution in [1.29, 1.82) is 0 Å². The van der Waals surface area contributed by atoms with E-state index < -0.39 is 10.9 Å². The fraction of sp³-hybridized carbons (Fsp3) is 0.222. The number of nitro groups is 1. The van der Waals surface area contributed by atoms with Crippen LogP contribution in [0.1, 0.15) is 15.9 Å². The zero-order valence-corrected chi connectivity index (χ0v) is 13.9. The average Bonchev–Trinajstić information content (AvgIpc) is 2.68. The van der Waals surface area contributed by atoms with E-state index >= 15 is 0 Å². The van der Waals surface area contributed by atoms with Crippen LogP contribution in [-0.4, -0.2) is 48.4 Å². The topological polar surface area (TPSA) is 94.3 Å². The number of carbonyl (C=O) groups excluding carboxylic acids is 1. The van der Waals surface area contributed by atoms with Crippen LogP contribution >= 0.6 is 0 Å². The molecule has 26 heavy (non-hydrogen) atoms. The van der Waals surface area contributed by atoms with Crippen molar-refractivity contribution in [3.05, 3.63) is 69.8 Å². The molecule has 1 aliphatic heterocycles. The van der Waals surface area contributed by atoms with Gasteiger partial charge in [-0.1, -0.05) is 6.07 Å². The van der Waals surface area contributed by atoms with E-state index in [2.05, 4.69) is 5.10 Å². The quantitative estimate of drug-likeness (QED) is 0.269. The largest absolute Gasteiger partial charge is 0.423 e. The van der Waals surface area contributed by atoms with E-state index in [1.165, 1.54) is 24.3 Å². The molecule has 0 spiro atoms. The lowest BCUT2D eigenvalue weighted by atomic mass is 10.2. The molecule has 2 aromatic carbocycles. The third-order valence-electron chi connectivity index (χ3n) is 3.74. The minimum absolute atomic E-state index is 0.122. The maximum atomic E-state index is 12.1. The molecule has 0 aromatic heterocycles. The average molecular weight is 355 g/mol. The Morgan fingerprint density at radius 2 is 1.92 bits per heavy atom. The van der Waals surface area contributed by atoms with Gasteiger partial charge < -0.3 is 9.47 Å². The number of nitrogens with zero attached hydrogens (tertiary/aromatic N) is 3. The van der Waals surface area contributed by atoms with Gasteiger partial charge in [-0.15, -0.1) is 0 Å². The normalized spacial score (nSPS) is 14.4. The van der Waals surface area contributed by atoms with Gasteiger partial charge >= 0.3 is 5.97 Å². The van der Waals surface area contributed by atoms with E-state index in [1.54, 1.807) is 30.5 Å². The Morgan fingerprint density at radius 1 is 1.19 bits per heavy atom. The van der Waals surface area contributed by atoms with E-state index in [0.717, 1.165) is 18.7 Å². The van der Waals surface area contributed by atoms with Crippen LogP contribution in [0.4, 0.5) is 5.69 Å². The molecule has 134 valence electrons. The molecule has 8 heteroatoms. The molecule has 1 saturated heterocycles. The Kier molecular flexibility index (Phi) is 5.55. The van der Waals surface area contributed by atoms with Crippen LogP contribution in [-0.2, 0) is 4.74 Å². The highest BCUT2D eigenvalue weighted by molar-refractivity contribution is 5.91. The molecule has 0 N–H and O–H groups in total. The van der Waals surface area contributed by atoms with Crippen molar-refractivity contribution < 1.29 is 19.2 Å². The summed E-state index contributed by atoms with van der Waals surface area (Å²) in [6.07, 6.45) is 1.73. The second kappa shape index (κ2) is 8.21. The summed E-state index contributed by atoms with van der Waals surface area (Å²) in [4.78, 5) is 22.3. The van der Waals surface area contributed by atoms with Crippen molar-refractivity contribution in [3.8, 4) is 5.75 Å². The lowest BCUT2D eigenvalue weighted by Crippen LogP contribution is -2.32. The first-order valence-electron chi connectivity index (χ1n) is 8.05. The minimum Gasteiger partial charge on any atom is -0.423 e. The number of esters is 1. The smallest absolute Gasteiger partial charge is 0.343 e. The number of non-ortho nitro benzene ring substituents is 1. The Balaban J connectivity index is 1.61. The Labute approximate surface area is 149 Å². The molecule has 0 aliphatic carbocycles. The molecule has 2 aromatic rings. The fourth-order valence-corrected chi connectivity index (χ4v) is 2.35. The Morgan fingerprint density at radius 3 is 2.62 bits per heavy atom. The van der Waals surface area contributed by atoms with Gasteiger partial charge in [-0.25, -0.2) is 4.79 Å². The van der Waals surface area contributed by atoms with Crippen LogP contribution < -0.4 is 4.74 Å². The summed E-state index contributed by atoms with van der Waals surface area (Å²) in [7, 11) is 0. The maximum absolute atomic E-state index is 12.1. The minimum atomic E-state index is -0.650. The van der Waals surface area contributed by atoms with Crippen LogP contribution in [0.3, 0.4) is 0 Å². The van der Waals surface area contributed by atoms with Gasteiger partial charge in [-0.05, 0) is 35.9 Å². The molecule has 3 rings (SSSR count). The molecule has 0 bridgehead atoms. The molecule has 0 unspecified atom stereocenters. The maximum Gasteiger partial charge on any atom is 0.343 e. The van der Waals surface area contributed by atoms with Crippen LogP contribution in [0.25, 0.3) is 0 Å². The first-order valence-corrected chi connectivity index (χ1v) is 8.05. The third kappa shape index (κ3) is 4.64. The highest BCUT2D eigenvalue weighted by Crippen LogP contribution is 2.17. The number of ether oxygens (including phenoxy) is 2. The molecule has 1 aliphatic rings. The molecule has 8 nitrogen and oxygen atoms in total. The van der Waals surface area contributed by atoms with E-state index in [4.69, 9.17) is 9.47 Å². The number of hydrazone groups is 1. The predicted molar refractivity (Wildman–Crippen MR) is 94.5 cm³/mol.